The number of aryl methyl sites for hydroxylation is 1. The predicted octanol–water partition coefficient (Wildman–Crippen LogP) is 4.09. The van der Waals surface area contributed by atoms with Crippen molar-refractivity contribution in [3.8, 4) is 0 Å². The van der Waals surface area contributed by atoms with Crippen molar-refractivity contribution in [1.82, 2.24) is 9.88 Å². The number of carbonyl (C=O) groups is 2. The molecule has 0 fully saturated rings. The van der Waals surface area contributed by atoms with E-state index in [1.54, 1.807) is 24.5 Å². The fourth-order valence-corrected chi connectivity index (χ4v) is 3.84. The van der Waals surface area contributed by atoms with Gasteiger partial charge in [-0.05, 0) is 40.2 Å². The number of anilines is 1. The van der Waals surface area contributed by atoms with Gasteiger partial charge in [-0.15, -0.1) is 11.3 Å². The van der Waals surface area contributed by atoms with E-state index in [1.165, 1.54) is 4.90 Å². The van der Waals surface area contributed by atoms with Gasteiger partial charge in [0.05, 0.1) is 27.5 Å². The summed E-state index contributed by atoms with van der Waals surface area (Å²) in [4.78, 5) is 30.4. The summed E-state index contributed by atoms with van der Waals surface area (Å²) in [6.07, 6.45) is 0.910. The molecule has 134 valence electrons. The van der Waals surface area contributed by atoms with E-state index in [1.807, 2.05) is 42.5 Å². The molecule has 0 saturated carbocycles. The van der Waals surface area contributed by atoms with Gasteiger partial charge in [0, 0.05) is 24.4 Å². The van der Waals surface area contributed by atoms with Crippen LogP contribution in [-0.2, 0) is 16.0 Å². The average Bonchev–Trinajstić information content (AvgIpc) is 3.04. The summed E-state index contributed by atoms with van der Waals surface area (Å²) in [5, 5.41) is 3.73. The summed E-state index contributed by atoms with van der Waals surface area (Å²) < 4.78 is 1.93. The molecule has 3 rings (SSSR count). The molecular weight excluding hydrogens is 414 g/mol. The Labute approximate surface area is 164 Å². The Bertz CT molecular complexity index is 908. The average molecular weight is 432 g/mol. The van der Waals surface area contributed by atoms with Crippen molar-refractivity contribution in [3.63, 3.8) is 0 Å². The molecule has 0 unspecified atom stereocenters. The number of carbonyl (C=O) groups excluding carboxylic acids is 2. The number of aromatic nitrogens is 1. The molecule has 0 atom stereocenters. The van der Waals surface area contributed by atoms with Crippen LogP contribution in [0.15, 0.2) is 53.0 Å². The van der Waals surface area contributed by atoms with Crippen LogP contribution < -0.4 is 5.32 Å². The molecule has 0 aliphatic heterocycles. The SMILES string of the molecule is CN(CC(=O)Nc1ccccc1Br)C(=O)CCc1nc2ccccc2s1. The molecule has 1 N–H and O–H groups in total. The number of rotatable bonds is 6. The van der Waals surface area contributed by atoms with E-state index in [2.05, 4.69) is 26.2 Å². The van der Waals surface area contributed by atoms with Gasteiger partial charge in [-0.1, -0.05) is 24.3 Å². The van der Waals surface area contributed by atoms with E-state index >= 15 is 0 Å². The van der Waals surface area contributed by atoms with Crippen molar-refractivity contribution in [2.75, 3.05) is 18.9 Å². The van der Waals surface area contributed by atoms with Gasteiger partial charge in [-0.3, -0.25) is 9.59 Å². The molecular formula is C19H18BrN3O2S. The highest BCUT2D eigenvalue weighted by Gasteiger charge is 2.15. The van der Waals surface area contributed by atoms with Crippen molar-refractivity contribution >= 4 is 55.0 Å². The number of halogens is 1. The van der Waals surface area contributed by atoms with Gasteiger partial charge >= 0.3 is 0 Å². The Morgan fingerprint density at radius 2 is 1.88 bits per heavy atom. The second-order valence-electron chi connectivity index (χ2n) is 5.85. The maximum absolute atomic E-state index is 12.3. The zero-order valence-corrected chi connectivity index (χ0v) is 16.6. The normalized spacial score (nSPS) is 10.7. The quantitative estimate of drug-likeness (QED) is 0.639. The van der Waals surface area contributed by atoms with Gasteiger partial charge in [0.1, 0.15) is 0 Å². The molecule has 0 bridgehead atoms. The van der Waals surface area contributed by atoms with E-state index in [0.717, 1.165) is 19.7 Å². The Morgan fingerprint density at radius 3 is 2.65 bits per heavy atom. The summed E-state index contributed by atoms with van der Waals surface area (Å²) in [5.74, 6) is -0.306. The number of para-hydroxylation sites is 2. The third kappa shape index (κ3) is 4.68. The van der Waals surface area contributed by atoms with E-state index in [-0.39, 0.29) is 18.4 Å². The molecule has 1 heterocycles. The first-order chi connectivity index (χ1) is 12.5. The van der Waals surface area contributed by atoms with Crippen LogP contribution in [0, 0.1) is 0 Å². The molecule has 0 aliphatic carbocycles. The molecule has 7 heteroatoms. The zero-order valence-electron chi connectivity index (χ0n) is 14.2. The Morgan fingerprint density at radius 1 is 1.15 bits per heavy atom. The van der Waals surface area contributed by atoms with E-state index in [0.29, 0.717) is 18.5 Å². The largest absolute Gasteiger partial charge is 0.336 e. The van der Waals surface area contributed by atoms with Gasteiger partial charge < -0.3 is 10.2 Å². The lowest BCUT2D eigenvalue weighted by molar-refractivity contribution is -0.133. The smallest absolute Gasteiger partial charge is 0.244 e. The van der Waals surface area contributed by atoms with Gasteiger partial charge in [-0.25, -0.2) is 4.98 Å². The van der Waals surface area contributed by atoms with Crippen LogP contribution in [0.25, 0.3) is 10.2 Å². The molecule has 2 aromatic carbocycles. The number of nitrogens with one attached hydrogen (secondary N) is 1. The number of hydrogen-bond donors (Lipinski definition) is 1. The number of thiazole rings is 1. The third-order valence-corrected chi connectivity index (χ3v) is 5.63. The maximum atomic E-state index is 12.3. The fraction of sp³-hybridized carbons (Fsp3) is 0.211. The van der Waals surface area contributed by atoms with Crippen molar-refractivity contribution in [2.45, 2.75) is 12.8 Å². The number of hydrogen-bond acceptors (Lipinski definition) is 4. The Hall–Kier alpha value is -2.25. The van der Waals surface area contributed by atoms with Crippen molar-refractivity contribution in [3.05, 3.63) is 58.0 Å². The molecule has 5 nitrogen and oxygen atoms in total. The summed E-state index contributed by atoms with van der Waals surface area (Å²) >= 11 is 4.99. The number of nitrogens with zero attached hydrogens (tertiary/aromatic N) is 2. The first kappa shape index (κ1) is 18.5. The topological polar surface area (TPSA) is 62.3 Å². The lowest BCUT2D eigenvalue weighted by atomic mass is 10.3. The number of amides is 2. The molecule has 0 aliphatic rings. The summed E-state index contributed by atoms with van der Waals surface area (Å²) in [5.41, 5.74) is 1.65. The van der Waals surface area contributed by atoms with Crippen LogP contribution in [0.3, 0.4) is 0 Å². The molecule has 1 aromatic heterocycles. The summed E-state index contributed by atoms with van der Waals surface area (Å²) in [6.45, 7) is 0.0139. The maximum Gasteiger partial charge on any atom is 0.244 e. The predicted molar refractivity (Wildman–Crippen MR) is 108 cm³/mol. The monoisotopic (exact) mass is 431 g/mol. The molecule has 0 spiro atoms. The van der Waals surface area contributed by atoms with Gasteiger partial charge in [0.15, 0.2) is 0 Å². The van der Waals surface area contributed by atoms with Crippen molar-refractivity contribution < 1.29 is 9.59 Å². The van der Waals surface area contributed by atoms with Crippen LogP contribution in [0.1, 0.15) is 11.4 Å². The molecule has 2 amide bonds. The van der Waals surface area contributed by atoms with Crippen molar-refractivity contribution in [1.29, 1.82) is 0 Å². The summed E-state index contributed by atoms with van der Waals surface area (Å²) in [7, 11) is 1.64. The lowest BCUT2D eigenvalue weighted by Gasteiger charge is -2.17. The van der Waals surface area contributed by atoms with Crippen molar-refractivity contribution in [2.24, 2.45) is 0 Å². The number of likely N-dealkylation sites (N-methyl/N-ethyl adjacent to an activating group) is 1. The first-order valence-corrected chi connectivity index (χ1v) is 9.76. The molecule has 0 radical (unpaired) electrons. The van der Waals surface area contributed by atoms with E-state index in [9.17, 15) is 9.59 Å². The second-order valence-corrected chi connectivity index (χ2v) is 7.82. The summed E-state index contributed by atoms with van der Waals surface area (Å²) in [6, 6.07) is 15.3. The van der Waals surface area contributed by atoms with Crippen LogP contribution >= 0.6 is 27.3 Å². The van der Waals surface area contributed by atoms with Crippen LogP contribution in [-0.4, -0.2) is 35.3 Å². The van der Waals surface area contributed by atoms with E-state index < -0.39 is 0 Å². The highest BCUT2D eigenvalue weighted by atomic mass is 79.9. The minimum atomic E-state index is -0.229. The minimum absolute atomic E-state index is 0.0139. The van der Waals surface area contributed by atoms with Crippen LogP contribution in [0.4, 0.5) is 5.69 Å². The highest BCUT2D eigenvalue weighted by Crippen LogP contribution is 2.23. The Balaban J connectivity index is 1.51. The number of benzene rings is 2. The highest BCUT2D eigenvalue weighted by molar-refractivity contribution is 9.10. The third-order valence-electron chi connectivity index (χ3n) is 3.85. The zero-order chi connectivity index (χ0) is 18.5. The standard InChI is InChI=1S/C19H18BrN3O2S/c1-23(12-17(24)21-14-7-3-2-6-13(14)20)19(25)11-10-18-22-15-8-4-5-9-16(15)26-18/h2-9H,10-12H2,1H3,(H,21,24). The number of fused-ring (bicyclic) bond motifs is 1. The van der Waals surface area contributed by atoms with Crippen LogP contribution in [0.2, 0.25) is 0 Å². The van der Waals surface area contributed by atoms with Gasteiger partial charge in [-0.2, -0.15) is 0 Å². The van der Waals surface area contributed by atoms with E-state index in [4.69, 9.17) is 0 Å². The molecule has 0 saturated heterocycles. The first-order valence-electron chi connectivity index (χ1n) is 8.16. The van der Waals surface area contributed by atoms with Gasteiger partial charge in [0.25, 0.3) is 0 Å². The van der Waals surface area contributed by atoms with Gasteiger partial charge in [0.2, 0.25) is 11.8 Å². The van der Waals surface area contributed by atoms with Crippen LogP contribution in [0.5, 0.6) is 0 Å². The lowest BCUT2D eigenvalue weighted by Crippen LogP contribution is -2.35. The molecule has 3 aromatic rings. The minimum Gasteiger partial charge on any atom is -0.336 e. The Kier molecular flexibility index (Phi) is 6.00. The second kappa shape index (κ2) is 8.42. The molecule has 26 heavy (non-hydrogen) atoms. The fourth-order valence-electron chi connectivity index (χ4n) is 2.49.